The van der Waals surface area contributed by atoms with Gasteiger partial charge in [0.05, 0.1) is 45.7 Å². The van der Waals surface area contributed by atoms with E-state index in [-0.39, 0.29) is 69.7 Å². The van der Waals surface area contributed by atoms with Crippen LogP contribution in [-0.2, 0) is 13.0 Å². The molecular formula is C27H28Cl3N5O4. The molecule has 1 aromatic heterocycles. The standard InChI is InChI=1S/C27H28Cl3N5O4/c1-13(2)32-27-33-21-12-34(25(37)15-6-7-18(28)19(29)9-15)14(3)8-16(21)26(38)35(27)22-11-23(39-5)17(10-20(22)30)24(36)31-4/h6-7,9-11,13-14H,8,12H2,1-5H3,(H,31,36)(H,32,33)/t14-/m1/s1. The molecule has 0 saturated carbocycles. The third-order valence-corrected chi connectivity index (χ3v) is 7.48. The van der Waals surface area contributed by atoms with E-state index in [1.165, 1.54) is 30.9 Å². The molecule has 3 aromatic rings. The monoisotopic (exact) mass is 591 g/mol. The van der Waals surface area contributed by atoms with Crippen LogP contribution in [0.1, 0.15) is 52.7 Å². The van der Waals surface area contributed by atoms with Gasteiger partial charge in [-0.3, -0.25) is 14.4 Å². The molecule has 39 heavy (non-hydrogen) atoms. The number of carbonyl (C=O) groups excluding carboxylic acids is 2. The number of rotatable bonds is 6. The Bertz CT molecular complexity index is 1520. The molecule has 4 rings (SSSR count). The average Bonchev–Trinajstić information content (AvgIpc) is 2.89. The summed E-state index contributed by atoms with van der Waals surface area (Å²) in [6.07, 6.45) is 0.279. The minimum atomic E-state index is -0.378. The number of benzene rings is 2. The highest BCUT2D eigenvalue weighted by molar-refractivity contribution is 6.42. The highest BCUT2D eigenvalue weighted by atomic mass is 35.5. The van der Waals surface area contributed by atoms with Crippen LogP contribution in [0.4, 0.5) is 5.95 Å². The predicted molar refractivity (Wildman–Crippen MR) is 153 cm³/mol. The van der Waals surface area contributed by atoms with Gasteiger partial charge in [0.15, 0.2) is 0 Å². The molecule has 0 aliphatic carbocycles. The summed E-state index contributed by atoms with van der Waals surface area (Å²) >= 11 is 18.8. The number of aromatic nitrogens is 2. The van der Waals surface area contributed by atoms with Crippen molar-refractivity contribution in [2.45, 2.75) is 45.8 Å². The number of fused-ring (bicyclic) bond motifs is 1. The molecular weight excluding hydrogens is 565 g/mol. The summed E-state index contributed by atoms with van der Waals surface area (Å²) in [4.78, 5) is 46.1. The lowest BCUT2D eigenvalue weighted by atomic mass is 9.98. The number of ether oxygens (including phenoxy) is 1. The maximum Gasteiger partial charge on any atom is 0.263 e. The lowest BCUT2D eigenvalue weighted by Crippen LogP contribution is -2.46. The molecule has 206 valence electrons. The van der Waals surface area contributed by atoms with Crippen molar-refractivity contribution in [3.05, 3.63) is 78.1 Å². The molecule has 2 amide bonds. The number of hydrogen-bond donors (Lipinski definition) is 2. The first kappa shape index (κ1) is 28.7. The van der Waals surface area contributed by atoms with E-state index in [1.807, 2.05) is 20.8 Å². The first-order chi connectivity index (χ1) is 18.5. The van der Waals surface area contributed by atoms with Crippen molar-refractivity contribution < 1.29 is 14.3 Å². The molecule has 2 N–H and O–H groups in total. The summed E-state index contributed by atoms with van der Waals surface area (Å²) in [5.41, 5.74) is 1.57. The Hall–Kier alpha value is -3.27. The average molecular weight is 593 g/mol. The number of carbonyl (C=O) groups is 2. The van der Waals surface area contributed by atoms with Crippen LogP contribution in [-0.4, -0.2) is 52.5 Å². The number of nitrogens with zero attached hydrogens (tertiary/aromatic N) is 3. The van der Waals surface area contributed by atoms with Crippen molar-refractivity contribution in [1.29, 1.82) is 0 Å². The molecule has 2 heterocycles. The molecule has 0 unspecified atom stereocenters. The molecule has 0 spiro atoms. The lowest BCUT2D eigenvalue weighted by molar-refractivity contribution is 0.0653. The fourth-order valence-corrected chi connectivity index (χ4v) is 5.05. The van der Waals surface area contributed by atoms with E-state index in [0.29, 0.717) is 27.5 Å². The Balaban J connectivity index is 1.84. The number of anilines is 1. The first-order valence-corrected chi connectivity index (χ1v) is 13.4. The lowest BCUT2D eigenvalue weighted by Gasteiger charge is -2.35. The summed E-state index contributed by atoms with van der Waals surface area (Å²) in [6.45, 7) is 5.83. The van der Waals surface area contributed by atoms with Gasteiger partial charge in [-0.25, -0.2) is 9.55 Å². The van der Waals surface area contributed by atoms with Crippen molar-refractivity contribution in [1.82, 2.24) is 19.8 Å². The third kappa shape index (κ3) is 5.57. The van der Waals surface area contributed by atoms with Crippen LogP contribution < -0.4 is 20.9 Å². The van der Waals surface area contributed by atoms with Crippen molar-refractivity contribution in [2.75, 3.05) is 19.5 Å². The molecule has 0 radical (unpaired) electrons. The van der Waals surface area contributed by atoms with Gasteiger partial charge < -0.3 is 20.3 Å². The molecule has 9 nitrogen and oxygen atoms in total. The van der Waals surface area contributed by atoms with E-state index in [1.54, 1.807) is 23.1 Å². The smallest absolute Gasteiger partial charge is 0.263 e. The van der Waals surface area contributed by atoms with E-state index in [9.17, 15) is 14.4 Å². The topological polar surface area (TPSA) is 106 Å². The van der Waals surface area contributed by atoms with Crippen molar-refractivity contribution in [2.24, 2.45) is 0 Å². The van der Waals surface area contributed by atoms with Crippen LogP contribution in [0.2, 0.25) is 15.1 Å². The van der Waals surface area contributed by atoms with Gasteiger partial charge in [-0.05, 0) is 51.5 Å². The van der Waals surface area contributed by atoms with E-state index < -0.39 is 0 Å². The highest BCUT2D eigenvalue weighted by Gasteiger charge is 2.32. The van der Waals surface area contributed by atoms with Crippen molar-refractivity contribution in [3.63, 3.8) is 0 Å². The van der Waals surface area contributed by atoms with Crippen LogP contribution in [0.5, 0.6) is 5.75 Å². The quantitative estimate of drug-likeness (QED) is 0.419. The van der Waals surface area contributed by atoms with E-state index in [4.69, 9.17) is 44.5 Å². The zero-order valence-corrected chi connectivity index (χ0v) is 24.3. The van der Waals surface area contributed by atoms with Gasteiger partial charge in [0, 0.05) is 36.3 Å². The van der Waals surface area contributed by atoms with Gasteiger partial charge in [-0.1, -0.05) is 34.8 Å². The maximum absolute atomic E-state index is 14.0. The van der Waals surface area contributed by atoms with Crippen LogP contribution >= 0.6 is 34.8 Å². The molecule has 0 saturated heterocycles. The Morgan fingerprint density at radius 2 is 1.82 bits per heavy atom. The summed E-state index contributed by atoms with van der Waals surface area (Å²) in [7, 11) is 2.94. The van der Waals surface area contributed by atoms with Gasteiger partial charge in [0.25, 0.3) is 17.4 Å². The largest absolute Gasteiger partial charge is 0.496 e. The number of amides is 2. The van der Waals surface area contributed by atoms with Crippen LogP contribution in [0.3, 0.4) is 0 Å². The second-order valence-electron chi connectivity index (χ2n) is 9.50. The van der Waals surface area contributed by atoms with Crippen LogP contribution in [0.15, 0.2) is 35.1 Å². The van der Waals surface area contributed by atoms with E-state index in [0.717, 1.165) is 0 Å². The summed E-state index contributed by atoms with van der Waals surface area (Å²) in [5.74, 6) is -0.117. The zero-order chi connectivity index (χ0) is 28.6. The Kier molecular flexibility index (Phi) is 8.44. The normalized spacial score (nSPS) is 14.7. The van der Waals surface area contributed by atoms with Gasteiger partial charge in [0.2, 0.25) is 5.95 Å². The van der Waals surface area contributed by atoms with Crippen molar-refractivity contribution >= 4 is 52.6 Å². The molecule has 0 fully saturated rings. The molecule has 1 atom stereocenters. The predicted octanol–water partition coefficient (Wildman–Crippen LogP) is 4.97. The van der Waals surface area contributed by atoms with Crippen molar-refractivity contribution in [3.8, 4) is 11.4 Å². The summed E-state index contributed by atoms with van der Waals surface area (Å²) in [5, 5.41) is 6.58. The number of nitrogens with one attached hydrogen (secondary N) is 2. The molecule has 12 heteroatoms. The minimum absolute atomic E-state index is 0.0801. The Labute approximate surface area is 241 Å². The fourth-order valence-electron chi connectivity index (χ4n) is 4.50. The first-order valence-electron chi connectivity index (χ1n) is 12.2. The third-order valence-electron chi connectivity index (χ3n) is 6.44. The molecule has 1 aliphatic heterocycles. The highest BCUT2D eigenvalue weighted by Crippen LogP contribution is 2.32. The molecule has 1 aliphatic rings. The Morgan fingerprint density at radius 1 is 1.10 bits per heavy atom. The van der Waals surface area contributed by atoms with Crippen LogP contribution in [0.25, 0.3) is 5.69 Å². The number of hydrogen-bond acceptors (Lipinski definition) is 6. The van der Waals surface area contributed by atoms with Crippen LogP contribution in [0, 0.1) is 0 Å². The minimum Gasteiger partial charge on any atom is -0.496 e. The van der Waals surface area contributed by atoms with Gasteiger partial charge >= 0.3 is 0 Å². The van der Waals surface area contributed by atoms with E-state index >= 15 is 0 Å². The SMILES string of the molecule is CNC(=O)c1cc(Cl)c(-n2c(NC(C)C)nc3c(c2=O)C[C@@H](C)N(C(=O)c2ccc(Cl)c(Cl)c2)C3)cc1OC. The summed E-state index contributed by atoms with van der Waals surface area (Å²) < 4.78 is 6.83. The second kappa shape index (κ2) is 11.5. The fraction of sp³-hybridized carbons (Fsp3) is 0.333. The van der Waals surface area contributed by atoms with Gasteiger partial charge in [0.1, 0.15) is 5.75 Å². The Morgan fingerprint density at radius 3 is 2.44 bits per heavy atom. The summed E-state index contributed by atoms with van der Waals surface area (Å²) in [6, 6.07) is 7.35. The maximum atomic E-state index is 14.0. The van der Waals surface area contributed by atoms with E-state index in [2.05, 4.69) is 10.6 Å². The number of methoxy groups -OCH3 is 1. The molecule has 0 bridgehead atoms. The van der Waals surface area contributed by atoms with Gasteiger partial charge in [-0.2, -0.15) is 0 Å². The van der Waals surface area contributed by atoms with Gasteiger partial charge in [-0.15, -0.1) is 0 Å². The zero-order valence-electron chi connectivity index (χ0n) is 22.1. The second-order valence-corrected chi connectivity index (χ2v) is 10.7. The number of halogens is 3. The molecule has 2 aromatic carbocycles.